The van der Waals surface area contributed by atoms with Crippen molar-refractivity contribution < 1.29 is 9.59 Å². The van der Waals surface area contributed by atoms with Crippen molar-refractivity contribution in [2.75, 3.05) is 11.9 Å². The number of amides is 2. The maximum Gasteiger partial charge on any atom is 0.251 e. The van der Waals surface area contributed by atoms with Gasteiger partial charge in [-0.25, -0.2) is 0 Å². The SMILES string of the molecule is O=C1NCc2ccc(NCC(=O)N(C3CCCCC3)C3CCCCC3)cc21. The maximum absolute atomic E-state index is 13.2. The minimum absolute atomic E-state index is 0.0222. The zero-order chi connectivity index (χ0) is 18.6. The Morgan fingerprint density at radius 3 is 2.26 bits per heavy atom. The van der Waals surface area contributed by atoms with Crippen LogP contribution in [0.4, 0.5) is 5.69 Å². The monoisotopic (exact) mass is 369 g/mol. The van der Waals surface area contributed by atoms with E-state index >= 15 is 0 Å². The van der Waals surface area contributed by atoms with Crippen LogP contribution in [0, 0.1) is 0 Å². The first-order valence-electron chi connectivity index (χ1n) is 10.7. The molecule has 0 spiro atoms. The minimum Gasteiger partial charge on any atom is -0.376 e. The van der Waals surface area contributed by atoms with Crippen molar-refractivity contribution in [1.82, 2.24) is 10.2 Å². The molecule has 5 nitrogen and oxygen atoms in total. The van der Waals surface area contributed by atoms with Crippen LogP contribution in [-0.2, 0) is 11.3 Å². The summed E-state index contributed by atoms with van der Waals surface area (Å²) in [6, 6.07) is 6.65. The molecule has 0 aromatic heterocycles. The van der Waals surface area contributed by atoms with Gasteiger partial charge in [-0.2, -0.15) is 0 Å². The van der Waals surface area contributed by atoms with Crippen molar-refractivity contribution >= 4 is 17.5 Å². The number of hydrogen-bond acceptors (Lipinski definition) is 3. The summed E-state index contributed by atoms with van der Waals surface area (Å²) in [4.78, 5) is 27.3. The standard InChI is InChI=1S/C22H31N3O2/c26-21(15-23-17-12-11-16-14-24-22(27)20(16)13-17)25(18-7-3-1-4-8-18)19-9-5-2-6-10-19/h11-13,18-19,23H,1-10,14-15H2,(H,24,27). The summed E-state index contributed by atoms with van der Waals surface area (Å²) in [6.07, 6.45) is 12.2. The normalized spacial score (nSPS) is 20.8. The Kier molecular flexibility index (Phi) is 5.65. The summed E-state index contributed by atoms with van der Waals surface area (Å²) in [5.74, 6) is 0.199. The zero-order valence-electron chi connectivity index (χ0n) is 16.1. The topological polar surface area (TPSA) is 61.4 Å². The Morgan fingerprint density at radius 2 is 1.63 bits per heavy atom. The predicted molar refractivity (Wildman–Crippen MR) is 107 cm³/mol. The lowest BCUT2D eigenvalue weighted by Crippen LogP contribution is -2.50. The lowest BCUT2D eigenvalue weighted by atomic mass is 9.88. The second kappa shape index (κ2) is 8.32. The molecule has 4 rings (SSSR count). The number of benzene rings is 1. The second-order valence-corrected chi connectivity index (χ2v) is 8.29. The Bertz CT molecular complexity index is 673. The molecule has 2 amide bonds. The van der Waals surface area contributed by atoms with E-state index in [1.807, 2.05) is 18.2 Å². The zero-order valence-corrected chi connectivity index (χ0v) is 16.1. The molecule has 1 aliphatic heterocycles. The van der Waals surface area contributed by atoms with Crippen LogP contribution in [0.2, 0.25) is 0 Å². The van der Waals surface area contributed by atoms with E-state index in [1.54, 1.807) is 0 Å². The number of anilines is 1. The van der Waals surface area contributed by atoms with Gasteiger partial charge in [0.2, 0.25) is 5.91 Å². The minimum atomic E-state index is -0.0222. The highest BCUT2D eigenvalue weighted by Gasteiger charge is 2.32. The molecule has 1 heterocycles. The van der Waals surface area contributed by atoms with E-state index < -0.39 is 0 Å². The van der Waals surface area contributed by atoms with Crippen LogP contribution in [0.1, 0.15) is 80.1 Å². The van der Waals surface area contributed by atoms with Gasteiger partial charge in [0, 0.05) is 29.9 Å². The van der Waals surface area contributed by atoms with Crippen LogP contribution in [0.25, 0.3) is 0 Å². The van der Waals surface area contributed by atoms with E-state index in [0.717, 1.165) is 42.5 Å². The van der Waals surface area contributed by atoms with Crippen molar-refractivity contribution in [1.29, 1.82) is 0 Å². The highest BCUT2D eigenvalue weighted by Crippen LogP contribution is 2.30. The third-order valence-electron chi connectivity index (χ3n) is 6.46. The van der Waals surface area contributed by atoms with Gasteiger partial charge in [0.25, 0.3) is 5.91 Å². The summed E-state index contributed by atoms with van der Waals surface area (Å²) in [6.45, 7) is 0.915. The molecule has 27 heavy (non-hydrogen) atoms. The van der Waals surface area contributed by atoms with E-state index in [2.05, 4.69) is 15.5 Å². The average Bonchev–Trinajstić information content (AvgIpc) is 3.09. The van der Waals surface area contributed by atoms with Gasteiger partial charge in [0.05, 0.1) is 6.54 Å². The van der Waals surface area contributed by atoms with Crippen LogP contribution in [0.15, 0.2) is 18.2 Å². The van der Waals surface area contributed by atoms with Crippen molar-refractivity contribution in [2.24, 2.45) is 0 Å². The number of nitrogens with one attached hydrogen (secondary N) is 2. The van der Waals surface area contributed by atoms with Crippen LogP contribution in [0.3, 0.4) is 0 Å². The van der Waals surface area contributed by atoms with E-state index in [4.69, 9.17) is 0 Å². The molecule has 0 saturated heterocycles. The molecular formula is C22H31N3O2. The Hall–Kier alpha value is -2.04. The molecule has 0 unspecified atom stereocenters. The summed E-state index contributed by atoms with van der Waals surface area (Å²) in [5, 5.41) is 6.12. The van der Waals surface area contributed by atoms with Gasteiger partial charge in [-0.3, -0.25) is 9.59 Å². The van der Waals surface area contributed by atoms with Crippen molar-refractivity contribution in [3.63, 3.8) is 0 Å². The highest BCUT2D eigenvalue weighted by atomic mass is 16.2. The lowest BCUT2D eigenvalue weighted by Gasteiger charge is -2.42. The largest absolute Gasteiger partial charge is 0.376 e. The van der Waals surface area contributed by atoms with Crippen LogP contribution < -0.4 is 10.6 Å². The van der Waals surface area contributed by atoms with E-state index in [-0.39, 0.29) is 11.8 Å². The molecule has 2 N–H and O–H groups in total. The second-order valence-electron chi connectivity index (χ2n) is 8.29. The third-order valence-corrected chi connectivity index (χ3v) is 6.46. The lowest BCUT2D eigenvalue weighted by molar-refractivity contribution is -0.136. The Labute approximate surface area is 161 Å². The number of nitrogens with zero attached hydrogens (tertiary/aromatic N) is 1. The average molecular weight is 370 g/mol. The fourth-order valence-corrected chi connectivity index (χ4v) is 5.02. The first-order valence-corrected chi connectivity index (χ1v) is 10.7. The summed E-state index contributed by atoms with van der Waals surface area (Å²) in [5.41, 5.74) is 2.61. The van der Waals surface area contributed by atoms with Gasteiger partial charge in [0.1, 0.15) is 0 Å². The number of hydrogen-bond donors (Lipinski definition) is 2. The molecule has 1 aromatic carbocycles. The van der Waals surface area contributed by atoms with Crippen molar-refractivity contribution in [2.45, 2.75) is 82.8 Å². The fraction of sp³-hybridized carbons (Fsp3) is 0.636. The Balaban J connectivity index is 1.43. The van der Waals surface area contributed by atoms with Crippen LogP contribution in [-0.4, -0.2) is 35.3 Å². The predicted octanol–water partition coefficient (Wildman–Crippen LogP) is 3.84. The van der Waals surface area contributed by atoms with Gasteiger partial charge in [-0.05, 0) is 43.4 Å². The number of fused-ring (bicyclic) bond motifs is 1. The maximum atomic E-state index is 13.2. The van der Waals surface area contributed by atoms with Crippen LogP contribution in [0.5, 0.6) is 0 Å². The molecule has 1 aromatic rings. The van der Waals surface area contributed by atoms with E-state index in [9.17, 15) is 9.59 Å². The van der Waals surface area contributed by atoms with Gasteiger partial charge in [-0.1, -0.05) is 44.6 Å². The fourth-order valence-electron chi connectivity index (χ4n) is 5.02. The van der Waals surface area contributed by atoms with Gasteiger partial charge >= 0.3 is 0 Å². The van der Waals surface area contributed by atoms with E-state index in [0.29, 0.717) is 25.2 Å². The Morgan fingerprint density at radius 1 is 1.00 bits per heavy atom. The smallest absolute Gasteiger partial charge is 0.251 e. The molecule has 0 bridgehead atoms. The number of carbonyl (C=O) groups excluding carboxylic acids is 2. The van der Waals surface area contributed by atoms with Gasteiger partial charge in [0.15, 0.2) is 0 Å². The molecule has 3 aliphatic rings. The number of rotatable bonds is 5. The summed E-state index contributed by atoms with van der Waals surface area (Å²) in [7, 11) is 0. The first-order chi connectivity index (χ1) is 13.2. The summed E-state index contributed by atoms with van der Waals surface area (Å²) >= 11 is 0. The molecule has 0 radical (unpaired) electrons. The molecule has 0 atom stereocenters. The molecule has 146 valence electrons. The van der Waals surface area contributed by atoms with Crippen LogP contribution >= 0.6 is 0 Å². The summed E-state index contributed by atoms with van der Waals surface area (Å²) < 4.78 is 0. The van der Waals surface area contributed by atoms with E-state index in [1.165, 1.54) is 38.5 Å². The first kappa shape index (κ1) is 18.3. The van der Waals surface area contributed by atoms with Gasteiger partial charge in [-0.15, -0.1) is 0 Å². The quantitative estimate of drug-likeness (QED) is 0.829. The molecular weight excluding hydrogens is 338 g/mol. The number of carbonyl (C=O) groups is 2. The molecule has 5 heteroatoms. The highest BCUT2D eigenvalue weighted by molar-refractivity contribution is 5.99. The van der Waals surface area contributed by atoms with Gasteiger partial charge < -0.3 is 15.5 Å². The molecule has 2 fully saturated rings. The van der Waals surface area contributed by atoms with Crippen molar-refractivity contribution in [3.8, 4) is 0 Å². The molecule has 2 saturated carbocycles. The van der Waals surface area contributed by atoms with Crippen molar-refractivity contribution in [3.05, 3.63) is 29.3 Å². The molecule has 2 aliphatic carbocycles. The third kappa shape index (κ3) is 4.12.